The molecule has 7 heteroatoms. The average molecular weight is 419 g/mol. The van der Waals surface area contributed by atoms with Gasteiger partial charge in [-0.2, -0.15) is 5.10 Å². The van der Waals surface area contributed by atoms with Gasteiger partial charge in [0.1, 0.15) is 0 Å². The van der Waals surface area contributed by atoms with E-state index < -0.39 is 0 Å². The molecule has 0 bridgehead atoms. The molecule has 0 spiro atoms. The molecule has 1 aromatic carbocycles. The summed E-state index contributed by atoms with van der Waals surface area (Å²) in [7, 11) is 3.91. The van der Waals surface area contributed by atoms with E-state index in [0.717, 1.165) is 41.9 Å². The summed E-state index contributed by atoms with van der Waals surface area (Å²) >= 11 is 0. The van der Waals surface area contributed by atoms with Gasteiger partial charge in [0.15, 0.2) is 0 Å². The van der Waals surface area contributed by atoms with Crippen LogP contribution in [0.4, 0.5) is 5.95 Å². The van der Waals surface area contributed by atoms with Crippen molar-refractivity contribution in [3.8, 4) is 11.1 Å². The molecule has 0 unspecified atom stereocenters. The molecule has 31 heavy (non-hydrogen) atoms. The van der Waals surface area contributed by atoms with Gasteiger partial charge in [-0.15, -0.1) is 0 Å². The first-order valence-corrected chi connectivity index (χ1v) is 10.9. The van der Waals surface area contributed by atoms with Crippen molar-refractivity contribution in [2.45, 2.75) is 38.6 Å². The lowest BCUT2D eigenvalue weighted by molar-refractivity contribution is -0.132. The number of hydrogen-bond donors (Lipinski definition) is 0. The van der Waals surface area contributed by atoms with Crippen molar-refractivity contribution in [3.05, 3.63) is 60.2 Å². The lowest BCUT2D eigenvalue weighted by Crippen LogP contribution is -2.40. The van der Waals surface area contributed by atoms with Crippen molar-refractivity contribution >= 4 is 11.9 Å². The van der Waals surface area contributed by atoms with Crippen LogP contribution in [-0.2, 0) is 11.3 Å². The van der Waals surface area contributed by atoms with Gasteiger partial charge in [0, 0.05) is 69.7 Å². The zero-order valence-electron chi connectivity index (χ0n) is 18.5. The molecule has 1 fully saturated rings. The Morgan fingerprint density at radius 1 is 1.19 bits per heavy atom. The Bertz CT molecular complexity index is 1030. The smallest absolute Gasteiger partial charge is 0.225 e. The van der Waals surface area contributed by atoms with E-state index in [-0.39, 0.29) is 11.8 Å². The van der Waals surface area contributed by atoms with Gasteiger partial charge in [-0.3, -0.25) is 9.48 Å². The molecule has 3 heterocycles. The van der Waals surface area contributed by atoms with E-state index in [4.69, 9.17) is 4.98 Å². The zero-order valence-corrected chi connectivity index (χ0v) is 18.5. The van der Waals surface area contributed by atoms with Crippen molar-refractivity contribution in [2.75, 3.05) is 32.1 Å². The number of likely N-dealkylation sites (tertiary alicyclic amines) is 1. The van der Waals surface area contributed by atoms with E-state index in [2.05, 4.69) is 22.2 Å². The van der Waals surface area contributed by atoms with Crippen LogP contribution >= 0.6 is 0 Å². The Morgan fingerprint density at radius 2 is 2.00 bits per heavy atom. The number of carbonyl (C=O) groups excluding carboxylic acids is 1. The summed E-state index contributed by atoms with van der Waals surface area (Å²) in [6.45, 7) is 4.13. The Balaban J connectivity index is 1.55. The summed E-state index contributed by atoms with van der Waals surface area (Å²) in [4.78, 5) is 26.4. The first-order valence-electron chi connectivity index (χ1n) is 10.9. The lowest BCUT2D eigenvalue weighted by atomic mass is 9.90. The molecular weight excluding hydrogens is 388 g/mol. The van der Waals surface area contributed by atoms with Crippen molar-refractivity contribution in [3.63, 3.8) is 0 Å². The highest BCUT2D eigenvalue weighted by molar-refractivity contribution is 5.76. The number of piperidine rings is 1. The summed E-state index contributed by atoms with van der Waals surface area (Å²) in [5.74, 6) is 1.08. The van der Waals surface area contributed by atoms with Crippen molar-refractivity contribution < 1.29 is 4.79 Å². The first kappa shape index (κ1) is 21.0. The Labute approximate surface area is 183 Å². The molecular formula is C24H30N6O. The van der Waals surface area contributed by atoms with Gasteiger partial charge in [-0.05, 0) is 31.4 Å². The third-order valence-corrected chi connectivity index (χ3v) is 5.92. The van der Waals surface area contributed by atoms with Crippen molar-refractivity contribution in [1.82, 2.24) is 24.6 Å². The van der Waals surface area contributed by atoms with Gasteiger partial charge in [-0.1, -0.05) is 30.3 Å². The fourth-order valence-electron chi connectivity index (χ4n) is 4.17. The third kappa shape index (κ3) is 4.76. The number of aromatic nitrogens is 4. The van der Waals surface area contributed by atoms with Gasteiger partial charge < -0.3 is 9.80 Å². The molecule has 4 rings (SSSR count). The minimum absolute atomic E-state index is 0.183. The van der Waals surface area contributed by atoms with Crippen LogP contribution in [0.2, 0.25) is 0 Å². The van der Waals surface area contributed by atoms with Crippen molar-refractivity contribution in [2.24, 2.45) is 0 Å². The maximum absolute atomic E-state index is 13.0. The second-order valence-corrected chi connectivity index (χ2v) is 8.35. The van der Waals surface area contributed by atoms with E-state index in [0.29, 0.717) is 25.5 Å². The fraction of sp³-hybridized carbons (Fsp3) is 0.417. The zero-order chi connectivity index (χ0) is 21.8. The van der Waals surface area contributed by atoms with Gasteiger partial charge in [0.2, 0.25) is 11.9 Å². The van der Waals surface area contributed by atoms with Gasteiger partial charge in [0.25, 0.3) is 0 Å². The molecule has 162 valence electrons. The summed E-state index contributed by atoms with van der Waals surface area (Å²) < 4.78 is 1.89. The largest absolute Gasteiger partial charge is 0.347 e. The summed E-state index contributed by atoms with van der Waals surface area (Å²) in [5.41, 5.74) is 4.28. The average Bonchev–Trinajstić information content (AvgIpc) is 3.22. The molecule has 0 aliphatic carbocycles. The van der Waals surface area contributed by atoms with Crippen LogP contribution in [-0.4, -0.2) is 57.7 Å². The number of amides is 1. The normalized spacial score (nSPS) is 16.4. The third-order valence-electron chi connectivity index (χ3n) is 5.92. The topological polar surface area (TPSA) is 67.2 Å². The molecule has 1 amide bonds. The minimum atomic E-state index is 0.183. The monoisotopic (exact) mass is 418 g/mol. The Morgan fingerprint density at radius 3 is 2.71 bits per heavy atom. The number of aryl methyl sites for hydroxylation is 2. The summed E-state index contributed by atoms with van der Waals surface area (Å²) in [5, 5.41) is 4.29. The molecule has 0 saturated carbocycles. The summed E-state index contributed by atoms with van der Waals surface area (Å²) in [6, 6.07) is 12.2. The SMILES string of the molecule is Cc1ccnn1CCC(=O)N1CCC[C@H](c2nc(N(C)C)ncc2-c2ccccc2)C1. The highest BCUT2D eigenvalue weighted by atomic mass is 16.2. The van der Waals surface area contributed by atoms with E-state index >= 15 is 0 Å². The van der Waals surface area contributed by atoms with Crippen molar-refractivity contribution in [1.29, 1.82) is 0 Å². The fourth-order valence-corrected chi connectivity index (χ4v) is 4.17. The number of rotatable bonds is 6. The second-order valence-electron chi connectivity index (χ2n) is 8.35. The Hall–Kier alpha value is -3.22. The standard InChI is InChI=1S/C24H30N6O/c1-18-11-13-26-30(18)15-12-22(31)29-14-7-10-20(17-29)23-21(19-8-5-4-6-9-19)16-25-24(27-23)28(2)3/h4-6,8-9,11,13,16,20H,7,10,12,14-15,17H2,1-3H3/t20-/m0/s1. The number of nitrogens with zero attached hydrogens (tertiary/aromatic N) is 6. The minimum Gasteiger partial charge on any atom is -0.347 e. The highest BCUT2D eigenvalue weighted by Gasteiger charge is 2.28. The van der Waals surface area contributed by atoms with E-state index in [9.17, 15) is 4.79 Å². The number of carbonyl (C=O) groups is 1. The number of anilines is 1. The quantitative estimate of drug-likeness (QED) is 0.613. The van der Waals surface area contributed by atoms with Crippen LogP contribution in [0, 0.1) is 6.92 Å². The van der Waals surface area contributed by atoms with E-state index in [1.807, 2.05) is 66.0 Å². The number of hydrogen-bond acceptors (Lipinski definition) is 5. The van der Waals surface area contributed by atoms with Crippen LogP contribution in [0.3, 0.4) is 0 Å². The van der Waals surface area contributed by atoms with Crippen LogP contribution in [0.5, 0.6) is 0 Å². The molecule has 3 aromatic rings. The maximum atomic E-state index is 13.0. The van der Waals surface area contributed by atoms with Crippen LogP contribution < -0.4 is 4.90 Å². The van der Waals surface area contributed by atoms with Gasteiger partial charge in [-0.25, -0.2) is 9.97 Å². The predicted molar refractivity (Wildman–Crippen MR) is 122 cm³/mol. The lowest BCUT2D eigenvalue weighted by Gasteiger charge is -2.33. The summed E-state index contributed by atoms with van der Waals surface area (Å²) in [6.07, 6.45) is 6.17. The highest BCUT2D eigenvalue weighted by Crippen LogP contribution is 2.34. The second kappa shape index (κ2) is 9.29. The number of benzene rings is 1. The molecule has 0 N–H and O–H groups in total. The molecule has 1 saturated heterocycles. The molecule has 1 atom stereocenters. The first-order chi connectivity index (χ1) is 15.0. The molecule has 1 aliphatic rings. The van der Waals surface area contributed by atoms with Gasteiger partial charge >= 0.3 is 0 Å². The van der Waals surface area contributed by atoms with Crippen LogP contribution in [0.15, 0.2) is 48.8 Å². The van der Waals surface area contributed by atoms with Gasteiger partial charge in [0.05, 0.1) is 5.69 Å². The molecule has 2 aromatic heterocycles. The predicted octanol–water partition coefficient (Wildman–Crippen LogP) is 3.51. The van der Waals surface area contributed by atoms with E-state index in [1.54, 1.807) is 6.20 Å². The molecule has 7 nitrogen and oxygen atoms in total. The van der Waals surface area contributed by atoms with Crippen LogP contribution in [0.25, 0.3) is 11.1 Å². The van der Waals surface area contributed by atoms with Crippen LogP contribution in [0.1, 0.15) is 36.6 Å². The Kier molecular flexibility index (Phi) is 6.30. The molecule has 0 radical (unpaired) electrons. The van der Waals surface area contributed by atoms with E-state index in [1.165, 1.54) is 0 Å². The molecule has 1 aliphatic heterocycles. The maximum Gasteiger partial charge on any atom is 0.225 e.